The van der Waals surface area contributed by atoms with Crippen LogP contribution >= 0.6 is 0 Å². The van der Waals surface area contributed by atoms with Crippen molar-refractivity contribution in [3.63, 3.8) is 0 Å². The standard InChI is InChI=1S/C24H26FN5O4/c1-12-17(8-27-19-4-13(10-31)7-29-23(12)19)16-5-14-6-20(28-9-18(14)22(26)21(16)25)30-24(32)34-15-2-3-33-11-15/h5-6,8-9,13,15,29,31H,2-4,7,10-11,26H2,1H3,(H,28,30,32)/t13-,15+/m0/s1. The van der Waals surface area contributed by atoms with Crippen LogP contribution in [-0.4, -0.2) is 53.6 Å². The Labute approximate surface area is 195 Å². The van der Waals surface area contributed by atoms with E-state index in [9.17, 15) is 9.90 Å². The lowest BCUT2D eigenvalue weighted by molar-refractivity contribution is 0.0931. The number of aliphatic hydroxyl groups is 1. The lowest BCUT2D eigenvalue weighted by Crippen LogP contribution is -2.27. The average Bonchev–Trinajstić information content (AvgIpc) is 3.34. The fraction of sp³-hybridized carbons (Fsp3) is 0.375. The van der Waals surface area contributed by atoms with Crippen LogP contribution in [0.5, 0.6) is 0 Å². The number of pyridine rings is 2. The van der Waals surface area contributed by atoms with Crippen LogP contribution in [0.1, 0.15) is 17.7 Å². The molecule has 0 radical (unpaired) electrons. The Morgan fingerprint density at radius 2 is 2.21 bits per heavy atom. The molecule has 9 nitrogen and oxygen atoms in total. The third kappa shape index (κ3) is 4.10. The fourth-order valence-electron chi connectivity index (χ4n) is 4.49. The summed E-state index contributed by atoms with van der Waals surface area (Å²) in [7, 11) is 0. The van der Waals surface area contributed by atoms with Crippen LogP contribution in [-0.2, 0) is 15.9 Å². The van der Waals surface area contributed by atoms with Gasteiger partial charge in [-0.05, 0) is 36.4 Å². The molecule has 0 bridgehead atoms. The number of nitrogens with one attached hydrogen (secondary N) is 2. The molecule has 2 aliphatic rings. The summed E-state index contributed by atoms with van der Waals surface area (Å²) >= 11 is 0. The maximum absolute atomic E-state index is 15.3. The molecule has 1 fully saturated rings. The van der Waals surface area contributed by atoms with Crippen molar-refractivity contribution in [2.24, 2.45) is 5.92 Å². The van der Waals surface area contributed by atoms with Crippen LogP contribution in [0.25, 0.3) is 21.9 Å². The lowest BCUT2D eigenvalue weighted by atomic mass is 9.92. The summed E-state index contributed by atoms with van der Waals surface area (Å²) in [5.41, 5.74) is 9.60. The van der Waals surface area contributed by atoms with Crippen molar-refractivity contribution in [3.8, 4) is 11.1 Å². The Hall–Kier alpha value is -3.50. The minimum Gasteiger partial charge on any atom is -0.443 e. The second-order valence-corrected chi connectivity index (χ2v) is 8.71. The first-order valence-corrected chi connectivity index (χ1v) is 11.2. The minimum atomic E-state index is -0.625. The van der Waals surface area contributed by atoms with Gasteiger partial charge in [-0.3, -0.25) is 10.3 Å². The van der Waals surface area contributed by atoms with E-state index < -0.39 is 11.9 Å². The van der Waals surface area contributed by atoms with E-state index in [4.69, 9.17) is 15.2 Å². The quantitative estimate of drug-likeness (QED) is 0.430. The number of aromatic nitrogens is 2. The maximum Gasteiger partial charge on any atom is 0.413 e. The number of nitrogens with zero attached hydrogens (tertiary/aromatic N) is 2. The van der Waals surface area contributed by atoms with E-state index in [0.717, 1.165) is 16.9 Å². The fourth-order valence-corrected chi connectivity index (χ4v) is 4.49. The molecule has 34 heavy (non-hydrogen) atoms. The van der Waals surface area contributed by atoms with E-state index in [0.29, 0.717) is 54.5 Å². The zero-order valence-electron chi connectivity index (χ0n) is 18.7. The lowest BCUT2D eigenvalue weighted by Gasteiger charge is -2.26. The van der Waals surface area contributed by atoms with Crippen LogP contribution in [0.15, 0.2) is 24.5 Å². The molecule has 1 amide bonds. The number of hydrogen-bond donors (Lipinski definition) is 4. The number of ether oxygens (including phenoxy) is 2. The smallest absolute Gasteiger partial charge is 0.413 e. The van der Waals surface area contributed by atoms with E-state index in [1.165, 1.54) is 6.20 Å². The van der Waals surface area contributed by atoms with Gasteiger partial charge in [-0.2, -0.15) is 0 Å². The highest BCUT2D eigenvalue weighted by atomic mass is 19.1. The summed E-state index contributed by atoms with van der Waals surface area (Å²) in [6.07, 6.45) is 3.48. The highest BCUT2D eigenvalue weighted by Gasteiger charge is 2.24. The number of carbonyl (C=O) groups excluding carboxylic acids is 1. The molecule has 0 unspecified atom stereocenters. The van der Waals surface area contributed by atoms with Gasteiger partial charge >= 0.3 is 6.09 Å². The summed E-state index contributed by atoms with van der Waals surface area (Å²) in [5.74, 6) is -0.181. The van der Waals surface area contributed by atoms with Gasteiger partial charge < -0.3 is 25.6 Å². The maximum atomic E-state index is 15.3. The molecule has 1 saturated heterocycles. The molecule has 5 rings (SSSR count). The molecule has 2 aromatic heterocycles. The Balaban J connectivity index is 1.48. The van der Waals surface area contributed by atoms with Gasteiger partial charge in [0.15, 0.2) is 5.82 Å². The molecule has 4 heterocycles. The van der Waals surface area contributed by atoms with Crippen molar-refractivity contribution >= 4 is 34.1 Å². The van der Waals surface area contributed by atoms with Gasteiger partial charge in [0.25, 0.3) is 0 Å². The van der Waals surface area contributed by atoms with Crippen molar-refractivity contribution in [2.45, 2.75) is 25.9 Å². The number of fused-ring (bicyclic) bond motifs is 2. The van der Waals surface area contributed by atoms with Crippen LogP contribution in [0.2, 0.25) is 0 Å². The van der Waals surface area contributed by atoms with Gasteiger partial charge in [-0.15, -0.1) is 0 Å². The number of anilines is 3. The SMILES string of the molecule is Cc1c(-c2cc3cc(NC(=O)O[C@@H]4CCOC4)ncc3c(N)c2F)cnc2c1NC[C@@H](CO)C2. The molecular formula is C24H26FN5O4. The molecule has 1 aromatic carbocycles. The van der Waals surface area contributed by atoms with Crippen molar-refractivity contribution < 1.29 is 23.8 Å². The zero-order chi connectivity index (χ0) is 23.8. The molecule has 0 saturated carbocycles. The second-order valence-electron chi connectivity index (χ2n) is 8.71. The molecule has 2 atom stereocenters. The van der Waals surface area contributed by atoms with Crippen LogP contribution in [0.3, 0.4) is 0 Å². The number of nitrogen functional groups attached to an aromatic ring is 1. The first-order valence-electron chi connectivity index (χ1n) is 11.2. The highest BCUT2D eigenvalue weighted by Crippen LogP contribution is 2.38. The monoisotopic (exact) mass is 467 g/mol. The molecule has 0 spiro atoms. The molecular weight excluding hydrogens is 441 g/mol. The highest BCUT2D eigenvalue weighted by molar-refractivity contribution is 5.99. The zero-order valence-corrected chi connectivity index (χ0v) is 18.7. The summed E-state index contributed by atoms with van der Waals surface area (Å²) in [5, 5.41) is 16.4. The third-order valence-corrected chi connectivity index (χ3v) is 6.41. The topological polar surface area (TPSA) is 132 Å². The number of nitrogens with two attached hydrogens (primary N) is 1. The van der Waals surface area contributed by atoms with E-state index in [1.54, 1.807) is 18.3 Å². The average molecular weight is 468 g/mol. The number of halogens is 1. The van der Waals surface area contributed by atoms with Crippen LogP contribution < -0.4 is 16.4 Å². The molecule has 0 aliphatic carbocycles. The Morgan fingerprint density at radius 1 is 1.35 bits per heavy atom. The molecule has 2 aliphatic heterocycles. The van der Waals surface area contributed by atoms with Gasteiger partial charge in [0.2, 0.25) is 0 Å². The van der Waals surface area contributed by atoms with E-state index in [-0.39, 0.29) is 30.1 Å². The number of hydrogen-bond acceptors (Lipinski definition) is 8. The van der Waals surface area contributed by atoms with E-state index >= 15 is 4.39 Å². The molecule has 10 heteroatoms. The number of rotatable bonds is 4. The van der Waals surface area contributed by atoms with Gasteiger partial charge in [0.1, 0.15) is 11.9 Å². The van der Waals surface area contributed by atoms with Crippen molar-refractivity contribution in [1.29, 1.82) is 0 Å². The Kier molecular flexibility index (Phi) is 5.93. The third-order valence-electron chi connectivity index (χ3n) is 6.41. The van der Waals surface area contributed by atoms with Crippen LogP contribution in [0.4, 0.5) is 26.4 Å². The Morgan fingerprint density at radius 3 is 2.97 bits per heavy atom. The van der Waals surface area contributed by atoms with Crippen molar-refractivity contribution in [3.05, 3.63) is 41.6 Å². The summed E-state index contributed by atoms with van der Waals surface area (Å²) < 4.78 is 25.9. The second kappa shape index (κ2) is 9.03. The van der Waals surface area contributed by atoms with E-state index in [1.807, 2.05) is 6.92 Å². The first kappa shape index (κ1) is 22.3. The molecule has 5 N–H and O–H groups in total. The largest absolute Gasteiger partial charge is 0.443 e. The van der Waals surface area contributed by atoms with Gasteiger partial charge in [0, 0.05) is 54.4 Å². The van der Waals surface area contributed by atoms with E-state index in [2.05, 4.69) is 20.6 Å². The Bertz CT molecular complexity index is 1260. The first-order chi connectivity index (χ1) is 16.4. The van der Waals surface area contributed by atoms with Gasteiger partial charge in [-0.25, -0.2) is 14.2 Å². The summed E-state index contributed by atoms with van der Waals surface area (Å²) in [6, 6.07) is 3.31. The van der Waals surface area contributed by atoms with Gasteiger partial charge in [0.05, 0.1) is 30.3 Å². The van der Waals surface area contributed by atoms with Crippen LogP contribution in [0, 0.1) is 18.7 Å². The summed E-state index contributed by atoms with van der Waals surface area (Å²) in [6.45, 7) is 3.55. The predicted octanol–water partition coefficient (Wildman–Crippen LogP) is 3.24. The van der Waals surface area contributed by atoms with Crippen molar-refractivity contribution in [1.82, 2.24) is 9.97 Å². The molecule has 3 aromatic rings. The summed E-state index contributed by atoms with van der Waals surface area (Å²) in [4.78, 5) is 20.9. The van der Waals surface area contributed by atoms with Crippen molar-refractivity contribution in [2.75, 3.05) is 42.7 Å². The minimum absolute atomic E-state index is 0.0253. The normalized spacial score (nSPS) is 19.5. The number of carbonyl (C=O) groups is 1. The molecule has 178 valence electrons. The number of aliphatic hydroxyl groups excluding tert-OH is 1. The number of benzene rings is 1. The van der Waals surface area contributed by atoms with Gasteiger partial charge in [-0.1, -0.05) is 0 Å². The number of amides is 1. The predicted molar refractivity (Wildman–Crippen MR) is 126 cm³/mol.